The van der Waals surface area contributed by atoms with Crippen LogP contribution in [0.2, 0.25) is 0 Å². The number of carbonyl (C=O) groups excluding carboxylic acids is 2. The van der Waals surface area contributed by atoms with E-state index in [-0.39, 0.29) is 30.5 Å². The number of likely N-dealkylation sites (tertiary alicyclic amines) is 2. The zero-order valence-corrected chi connectivity index (χ0v) is 17.7. The van der Waals surface area contributed by atoms with Crippen LogP contribution < -0.4 is 17.3 Å². The first-order valence-corrected chi connectivity index (χ1v) is 10.7. The number of carbonyl (C=O) groups is 2. The molecule has 1 aliphatic carbocycles. The van der Waals surface area contributed by atoms with Crippen molar-refractivity contribution in [1.82, 2.24) is 4.90 Å². The Kier molecular flexibility index (Phi) is 5.47. The molecule has 158 valence electrons. The van der Waals surface area contributed by atoms with E-state index in [1.54, 1.807) is 17.0 Å². The molecule has 2 aromatic carbocycles. The summed E-state index contributed by atoms with van der Waals surface area (Å²) in [5.74, 6) is -0.293. The van der Waals surface area contributed by atoms with Crippen molar-refractivity contribution < 1.29 is 32.0 Å². The SMILES string of the molecule is O=C1CC2(c3ccccc3)C(=O)c3ccccc3C2(O)N1CC[NH+]1CCCCC1.[Cl-]. The molecule has 2 N–H and O–H groups in total. The Hall–Kier alpha value is -2.21. The molecular weight excluding hydrogens is 400 g/mol. The Morgan fingerprint density at radius 1 is 0.933 bits per heavy atom. The second kappa shape index (κ2) is 7.80. The van der Waals surface area contributed by atoms with E-state index >= 15 is 0 Å². The van der Waals surface area contributed by atoms with Crippen LogP contribution in [-0.4, -0.2) is 47.9 Å². The molecule has 2 unspecified atom stereocenters. The van der Waals surface area contributed by atoms with Crippen LogP contribution in [0.3, 0.4) is 0 Å². The summed E-state index contributed by atoms with van der Waals surface area (Å²) in [5, 5.41) is 12.2. The van der Waals surface area contributed by atoms with Gasteiger partial charge in [-0.15, -0.1) is 0 Å². The minimum atomic E-state index is -1.63. The largest absolute Gasteiger partial charge is 1.00 e. The maximum Gasteiger partial charge on any atom is 0.226 e. The Bertz CT molecular complexity index is 960. The van der Waals surface area contributed by atoms with Crippen LogP contribution in [0.5, 0.6) is 0 Å². The third-order valence-electron chi connectivity index (χ3n) is 7.15. The minimum absolute atomic E-state index is 0. The van der Waals surface area contributed by atoms with Crippen LogP contribution >= 0.6 is 0 Å². The van der Waals surface area contributed by atoms with Gasteiger partial charge in [0.1, 0.15) is 5.41 Å². The third-order valence-corrected chi connectivity index (χ3v) is 7.15. The summed E-state index contributed by atoms with van der Waals surface area (Å²) in [6, 6.07) is 16.6. The highest BCUT2D eigenvalue weighted by Crippen LogP contribution is 2.59. The number of piperidine rings is 1. The van der Waals surface area contributed by atoms with E-state index < -0.39 is 11.1 Å². The molecule has 2 fully saturated rings. The lowest BCUT2D eigenvalue weighted by Gasteiger charge is -2.40. The molecule has 2 aromatic rings. The number of aliphatic hydroxyl groups is 1. The van der Waals surface area contributed by atoms with Gasteiger partial charge in [0.2, 0.25) is 5.91 Å². The van der Waals surface area contributed by atoms with Crippen molar-refractivity contribution in [2.45, 2.75) is 36.8 Å². The number of hydrogen-bond acceptors (Lipinski definition) is 3. The van der Waals surface area contributed by atoms with Crippen molar-refractivity contribution >= 4 is 11.7 Å². The summed E-state index contributed by atoms with van der Waals surface area (Å²) in [7, 11) is 0. The van der Waals surface area contributed by atoms with Gasteiger partial charge in [-0.2, -0.15) is 0 Å². The smallest absolute Gasteiger partial charge is 0.226 e. The van der Waals surface area contributed by atoms with Gasteiger partial charge in [-0.3, -0.25) is 9.59 Å². The molecule has 30 heavy (non-hydrogen) atoms. The molecule has 5 rings (SSSR count). The number of hydrogen-bond donors (Lipinski definition) is 2. The molecule has 2 heterocycles. The van der Waals surface area contributed by atoms with Crippen LogP contribution in [0.25, 0.3) is 0 Å². The molecule has 0 bridgehead atoms. The summed E-state index contributed by atoms with van der Waals surface area (Å²) in [6.07, 6.45) is 3.71. The van der Waals surface area contributed by atoms with Gasteiger partial charge in [-0.05, 0) is 24.8 Å². The number of benzene rings is 2. The number of rotatable bonds is 4. The first-order chi connectivity index (χ1) is 14.1. The summed E-state index contributed by atoms with van der Waals surface area (Å²) >= 11 is 0. The molecule has 6 heteroatoms. The van der Waals surface area contributed by atoms with E-state index in [1.165, 1.54) is 24.2 Å². The van der Waals surface area contributed by atoms with Crippen LogP contribution in [0.1, 0.15) is 47.2 Å². The molecule has 0 spiro atoms. The predicted molar refractivity (Wildman–Crippen MR) is 109 cm³/mol. The molecule has 1 amide bonds. The van der Waals surface area contributed by atoms with E-state index in [4.69, 9.17) is 0 Å². The third kappa shape index (κ3) is 2.76. The number of nitrogens with zero attached hydrogens (tertiary/aromatic N) is 1. The average Bonchev–Trinajstić information content (AvgIpc) is 3.11. The van der Waals surface area contributed by atoms with Gasteiger partial charge in [0.25, 0.3) is 0 Å². The van der Waals surface area contributed by atoms with Crippen molar-refractivity contribution in [3.63, 3.8) is 0 Å². The summed E-state index contributed by atoms with van der Waals surface area (Å²) in [5.41, 5.74) is -1.10. The quantitative estimate of drug-likeness (QED) is 0.611. The van der Waals surface area contributed by atoms with Gasteiger partial charge < -0.3 is 27.3 Å². The molecule has 2 atom stereocenters. The number of halogens is 1. The van der Waals surface area contributed by atoms with Crippen molar-refractivity contribution in [2.75, 3.05) is 26.2 Å². The maximum absolute atomic E-state index is 13.7. The summed E-state index contributed by atoms with van der Waals surface area (Å²) in [4.78, 5) is 29.9. The normalized spacial score (nSPS) is 28.2. The van der Waals surface area contributed by atoms with Gasteiger partial charge in [0.05, 0.1) is 26.2 Å². The minimum Gasteiger partial charge on any atom is -1.00 e. The first-order valence-electron chi connectivity index (χ1n) is 10.7. The topological polar surface area (TPSA) is 62.1 Å². The van der Waals surface area contributed by atoms with Gasteiger partial charge in [-0.25, -0.2) is 0 Å². The fourth-order valence-electron chi connectivity index (χ4n) is 5.70. The van der Waals surface area contributed by atoms with Crippen LogP contribution in [0.15, 0.2) is 54.6 Å². The Morgan fingerprint density at radius 3 is 2.33 bits per heavy atom. The van der Waals surface area contributed by atoms with Crippen LogP contribution in [-0.2, 0) is 15.9 Å². The lowest BCUT2D eigenvalue weighted by Crippen LogP contribution is -3.13. The van der Waals surface area contributed by atoms with Gasteiger partial charge in [0.15, 0.2) is 11.5 Å². The maximum atomic E-state index is 13.7. The number of nitrogens with one attached hydrogen (secondary N) is 1. The summed E-state index contributed by atoms with van der Waals surface area (Å²) in [6.45, 7) is 3.48. The molecule has 0 saturated carbocycles. The van der Waals surface area contributed by atoms with Crippen LogP contribution in [0.4, 0.5) is 0 Å². The second-order valence-corrected chi connectivity index (χ2v) is 8.60. The number of quaternary nitrogens is 1. The molecule has 2 saturated heterocycles. The average molecular weight is 427 g/mol. The number of ketones is 1. The number of fused-ring (bicyclic) bond motifs is 3. The predicted octanol–water partition coefficient (Wildman–Crippen LogP) is -1.73. The van der Waals surface area contributed by atoms with Crippen LogP contribution in [0, 0.1) is 0 Å². The number of Topliss-reactive ketones (excluding diaryl/α,β-unsaturated/α-hetero) is 1. The first kappa shape index (κ1) is 21.0. The Labute approximate surface area is 183 Å². The van der Waals surface area contributed by atoms with E-state index in [9.17, 15) is 14.7 Å². The van der Waals surface area contributed by atoms with Crippen molar-refractivity contribution in [1.29, 1.82) is 0 Å². The van der Waals surface area contributed by atoms with Crippen molar-refractivity contribution in [3.05, 3.63) is 71.3 Å². The highest BCUT2D eigenvalue weighted by Gasteiger charge is 2.72. The van der Waals surface area contributed by atoms with E-state index in [2.05, 4.69) is 0 Å². The molecule has 3 aliphatic rings. The van der Waals surface area contributed by atoms with Gasteiger partial charge in [-0.1, -0.05) is 54.6 Å². The zero-order valence-electron chi connectivity index (χ0n) is 16.9. The van der Waals surface area contributed by atoms with Gasteiger partial charge >= 0.3 is 0 Å². The monoisotopic (exact) mass is 426 g/mol. The molecule has 0 aromatic heterocycles. The van der Waals surface area contributed by atoms with E-state index in [0.29, 0.717) is 23.2 Å². The Balaban J connectivity index is 0.00000218. The second-order valence-electron chi connectivity index (χ2n) is 8.60. The lowest BCUT2D eigenvalue weighted by molar-refractivity contribution is -0.904. The number of amides is 1. The van der Waals surface area contributed by atoms with Crippen molar-refractivity contribution in [2.24, 2.45) is 0 Å². The standard InChI is InChI=1S/C24H26N2O3.ClH/c27-21-17-23(18-9-3-1-4-10-18)22(28)19-11-5-6-12-20(19)24(23,29)26(21)16-15-25-13-7-2-8-14-25;/h1,3-6,9-12,29H,2,7-8,13-17H2;1H. The zero-order chi connectivity index (χ0) is 20.1. The molecule has 0 radical (unpaired) electrons. The molecule has 5 nitrogen and oxygen atoms in total. The lowest BCUT2D eigenvalue weighted by atomic mass is 9.71. The fraction of sp³-hybridized carbons (Fsp3) is 0.417. The Morgan fingerprint density at radius 2 is 1.60 bits per heavy atom. The van der Waals surface area contributed by atoms with Gasteiger partial charge in [0, 0.05) is 17.5 Å². The van der Waals surface area contributed by atoms with Crippen molar-refractivity contribution in [3.8, 4) is 0 Å². The fourth-order valence-corrected chi connectivity index (χ4v) is 5.70. The highest BCUT2D eigenvalue weighted by atomic mass is 35.5. The van der Waals surface area contributed by atoms with E-state index in [1.807, 2.05) is 42.5 Å². The highest BCUT2D eigenvalue weighted by molar-refractivity contribution is 6.14. The molecular formula is C24H27ClN2O3. The summed E-state index contributed by atoms with van der Waals surface area (Å²) < 4.78 is 0. The molecule has 2 aliphatic heterocycles. The van der Waals surface area contributed by atoms with E-state index in [0.717, 1.165) is 19.6 Å².